The molecule has 62 valence electrons. The Balaban J connectivity index is 2.48. The minimum atomic E-state index is 0.0357. The molecule has 1 aromatic rings. The third-order valence-electron chi connectivity index (χ3n) is 1.74. The number of carbonyl (C=O) groups excluding carboxylic acids is 1. The van der Waals surface area contributed by atoms with E-state index in [0.29, 0.717) is 30.3 Å². The fourth-order valence-electron chi connectivity index (χ4n) is 1.11. The van der Waals surface area contributed by atoms with Gasteiger partial charge in [0.25, 0.3) is 0 Å². The van der Waals surface area contributed by atoms with E-state index in [0.717, 1.165) is 0 Å². The van der Waals surface area contributed by atoms with E-state index in [4.69, 9.17) is 5.73 Å². The van der Waals surface area contributed by atoms with E-state index >= 15 is 0 Å². The minimum absolute atomic E-state index is 0.0357. The molecule has 1 aliphatic rings. The average Bonchev–Trinajstić information content (AvgIpc) is 2.47. The second kappa shape index (κ2) is 2.53. The van der Waals surface area contributed by atoms with Gasteiger partial charge in [-0.1, -0.05) is 0 Å². The van der Waals surface area contributed by atoms with Crippen molar-refractivity contribution in [1.29, 1.82) is 0 Å². The molecule has 0 fully saturated rings. The molecule has 0 spiro atoms. The smallest absolute Gasteiger partial charge is 0.187 e. The lowest BCUT2D eigenvalue weighted by atomic mass is 10.2. The number of nitrogens with one attached hydrogen (secondary N) is 1. The first-order chi connectivity index (χ1) is 5.81. The van der Waals surface area contributed by atoms with Crippen LogP contribution in [0.25, 0.3) is 0 Å². The summed E-state index contributed by atoms with van der Waals surface area (Å²) in [5.41, 5.74) is 5.90. The van der Waals surface area contributed by atoms with Gasteiger partial charge in [-0.3, -0.25) is 4.79 Å². The second-order valence-electron chi connectivity index (χ2n) is 2.53. The van der Waals surface area contributed by atoms with E-state index in [-0.39, 0.29) is 5.78 Å². The van der Waals surface area contributed by atoms with Gasteiger partial charge in [0, 0.05) is 6.20 Å². The first-order valence-corrected chi connectivity index (χ1v) is 3.64. The molecular formula is C7H8N4O. The van der Waals surface area contributed by atoms with Crippen molar-refractivity contribution in [3.63, 3.8) is 0 Å². The van der Waals surface area contributed by atoms with Crippen LogP contribution in [0.1, 0.15) is 16.2 Å². The van der Waals surface area contributed by atoms with Crippen LogP contribution in [0.3, 0.4) is 0 Å². The molecule has 0 saturated heterocycles. The number of carbonyl (C=O) groups is 1. The molecule has 5 nitrogen and oxygen atoms in total. The number of Topliss-reactive ketones (excluding diaryl/α,β-unsaturated/α-hetero) is 1. The Kier molecular flexibility index (Phi) is 1.51. The molecule has 3 N–H and O–H groups in total. The summed E-state index contributed by atoms with van der Waals surface area (Å²) in [5.74, 6) is 1.19. The number of aromatic nitrogens is 2. The highest BCUT2D eigenvalue weighted by Crippen LogP contribution is 2.17. The van der Waals surface area contributed by atoms with Crippen molar-refractivity contribution in [1.82, 2.24) is 9.97 Å². The fraction of sp³-hybridized carbons (Fsp3) is 0.286. The Hall–Kier alpha value is -1.49. The molecule has 0 bridgehead atoms. The Bertz CT molecular complexity index is 336. The zero-order valence-electron chi connectivity index (χ0n) is 6.37. The monoisotopic (exact) mass is 164 g/mol. The van der Waals surface area contributed by atoms with Gasteiger partial charge in [-0.2, -0.15) is 0 Å². The predicted molar refractivity (Wildman–Crippen MR) is 42.7 cm³/mol. The summed E-state index contributed by atoms with van der Waals surface area (Å²) in [4.78, 5) is 19.1. The van der Waals surface area contributed by atoms with Crippen LogP contribution >= 0.6 is 0 Å². The van der Waals surface area contributed by atoms with E-state index in [1.54, 1.807) is 0 Å². The van der Waals surface area contributed by atoms with Gasteiger partial charge in [0.05, 0.1) is 18.7 Å². The van der Waals surface area contributed by atoms with Gasteiger partial charge in [0.2, 0.25) is 0 Å². The van der Waals surface area contributed by atoms with Crippen LogP contribution in [0.5, 0.6) is 0 Å². The summed E-state index contributed by atoms with van der Waals surface area (Å²) >= 11 is 0. The lowest BCUT2D eigenvalue weighted by Crippen LogP contribution is -2.04. The zero-order valence-corrected chi connectivity index (χ0v) is 6.37. The Morgan fingerprint density at radius 1 is 1.67 bits per heavy atom. The maximum atomic E-state index is 11.1. The molecule has 0 radical (unpaired) electrons. The first-order valence-electron chi connectivity index (χ1n) is 3.64. The number of nitrogens with zero attached hydrogens (tertiary/aromatic N) is 2. The van der Waals surface area contributed by atoms with Crippen LogP contribution in [-0.4, -0.2) is 22.3 Å². The number of hydrogen-bond acceptors (Lipinski definition) is 5. The van der Waals surface area contributed by atoms with Crippen molar-refractivity contribution >= 4 is 11.6 Å². The van der Waals surface area contributed by atoms with Gasteiger partial charge in [0.1, 0.15) is 11.6 Å². The third-order valence-corrected chi connectivity index (χ3v) is 1.74. The van der Waals surface area contributed by atoms with E-state index < -0.39 is 0 Å². The molecule has 1 aliphatic heterocycles. The molecule has 5 heteroatoms. The number of anilines is 1. The summed E-state index contributed by atoms with van der Waals surface area (Å²) in [5, 5.41) is 2.87. The molecular weight excluding hydrogens is 156 g/mol. The molecule has 0 unspecified atom stereocenters. The van der Waals surface area contributed by atoms with Gasteiger partial charge in [-0.25, -0.2) is 9.97 Å². The molecule has 0 aliphatic carbocycles. The topological polar surface area (TPSA) is 80.9 Å². The third kappa shape index (κ3) is 0.947. The number of hydrogen-bond donors (Lipinski definition) is 2. The van der Waals surface area contributed by atoms with Crippen LogP contribution in [0.4, 0.5) is 5.82 Å². The molecule has 2 rings (SSSR count). The van der Waals surface area contributed by atoms with Gasteiger partial charge in [-0.05, 0) is 0 Å². The highest BCUT2D eigenvalue weighted by Gasteiger charge is 2.20. The lowest BCUT2D eigenvalue weighted by Gasteiger charge is -1.98. The standard InChI is InChI=1S/C7H8N4O/c8-1-6-9-2-4-5(12)3-10-7(4)11-6/h2H,1,3,8H2,(H,9,10,11). The molecule has 12 heavy (non-hydrogen) atoms. The molecule has 0 amide bonds. The summed E-state index contributed by atoms with van der Waals surface area (Å²) in [6, 6.07) is 0. The van der Waals surface area contributed by atoms with Crippen molar-refractivity contribution in [3.8, 4) is 0 Å². The molecule has 0 atom stereocenters. The van der Waals surface area contributed by atoms with E-state index in [9.17, 15) is 4.79 Å². The Labute approximate surface area is 69.0 Å². The van der Waals surface area contributed by atoms with E-state index in [1.807, 2.05) is 0 Å². The van der Waals surface area contributed by atoms with Gasteiger partial charge >= 0.3 is 0 Å². The summed E-state index contributed by atoms with van der Waals surface area (Å²) in [6.07, 6.45) is 1.52. The number of ketones is 1. The molecule has 1 aromatic heterocycles. The zero-order chi connectivity index (χ0) is 8.55. The van der Waals surface area contributed by atoms with Gasteiger partial charge < -0.3 is 11.1 Å². The predicted octanol–water partition coefficient (Wildman–Crippen LogP) is -0.457. The van der Waals surface area contributed by atoms with Crippen LogP contribution in [0.2, 0.25) is 0 Å². The summed E-state index contributed by atoms with van der Waals surface area (Å²) < 4.78 is 0. The summed E-state index contributed by atoms with van der Waals surface area (Å²) in [6.45, 7) is 0.612. The molecule has 0 aromatic carbocycles. The quantitative estimate of drug-likeness (QED) is 0.587. The molecule has 0 saturated carbocycles. The van der Waals surface area contributed by atoms with E-state index in [2.05, 4.69) is 15.3 Å². The van der Waals surface area contributed by atoms with Crippen LogP contribution < -0.4 is 11.1 Å². The van der Waals surface area contributed by atoms with Gasteiger partial charge in [0.15, 0.2) is 5.78 Å². The summed E-state index contributed by atoms with van der Waals surface area (Å²) in [7, 11) is 0. The molecule has 2 heterocycles. The second-order valence-corrected chi connectivity index (χ2v) is 2.53. The number of nitrogens with two attached hydrogens (primary N) is 1. The Morgan fingerprint density at radius 2 is 2.50 bits per heavy atom. The minimum Gasteiger partial charge on any atom is -0.362 e. The highest BCUT2D eigenvalue weighted by atomic mass is 16.1. The van der Waals surface area contributed by atoms with Crippen molar-refractivity contribution in [2.24, 2.45) is 5.73 Å². The van der Waals surface area contributed by atoms with Crippen molar-refractivity contribution < 1.29 is 4.79 Å². The highest BCUT2D eigenvalue weighted by molar-refractivity contribution is 6.06. The SMILES string of the molecule is NCc1ncc2c(n1)NCC2=O. The van der Waals surface area contributed by atoms with Crippen molar-refractivity contribution in [3.05, 3.63) is 17.6 Å². The average molecular weight is 164 g/mol. The van der Waals surface area contributed by atoms with Crippen LogP contribution in [-0.2, 0) is 6.54 Å². The van der Waals surface area contributed by atoms with Crippen molar-refractivity contribution in [2.75, 3.05) is 11.9 Å². The maximum absolute atomic E-state index is 11.1. The largest absolute Gasteiger partial charge is 0.362 e. The van der Waals surface area contributed by atoms with Crippen molar-refractivity contribution in [2.45, 2.75) is 6.54 Å². The van der Waals surface area contributed by atoms with Crippen LogP contribution in [0, 0.1) is 0 Å². The fourth-order valence-corrected chi connectivity index (χ4v) is 1.11. The maximum Gasteiger partial charge on any atom is 0.187 e. The first kappa shape index (κ1) is 7.17. The normalized spacial score (nSPS) is 14.2. The number of rotatable bonds is 1. The van der Waals surface area contributed by atoms with Gasteiger partial charge in [-0.15, -0.1) is 0 Å². The van der Waals surface area contributed by atoms with Crippen LogP contribution in [0.15, 0.2) is 6.20 Å². The Morgan fingerprint density at radius 3 is 3.25 bits per heavy atom. The lowest BCUT2D eigenvalue weighted by molar-refractivity contribution is 0.101. The number of fused-ring (bicyclic) bond motifs is 1. The van der Waals surface area contributed by atoms with E-state index in [1.165, 1.54) is 6.20 Å².